The van der Waals surface area contributed by atoms with Crippen LogP contribution < -0.4 is 5.32 Å². The Kier molecular flexibility index (Phi) is 4.13. The summed E-state index contributed by atoms with van der Waals surface area (Å²) in [5.74, 6) is -0.0310. The van der Waals surface area contributed by atoms with E-state index in [0.29, 0.717) is 18.7 Å². The molecule has 0 saturated heterocycles. The number of carbonyl (C=O) groups is 1. The summed E-state index contributed by atoms with van der Waals surface area (Å²) in [7, 11) is 1.65. The van der Waals surface area contributed by atoms with E-state index >= 15 is 0 Å². The number of carbonyl (C=O) groups excluding carboxylic acids is 1. The highest BCUT2D eigenvalue weighted by Gasteiger charge is 2.02. The first-order valence-electron chi connectivity index (χ1n) is 4.64. The van der Waals surface area contributed by atoms with Crippen molar-refractivity contribution in [2.24, 2.45) is 0 Å². The zero-order chi connectivity index (χ0) is 10.4. The standard InChI is InChI=1S/C11H15NO2/c1-3-12-11(13)10-6-4-9(5-7-10)8-14-2/h4-7H,3,8H2,1-2H3,(H,12,13). The Morgan fingerprint density at radius 2 is 2.00 bits per heavy atom. The van der Waals surface area contributed by atoms with Crippen molar-refractivity contribution in [3.63, 3.8) is 0 Å². The molecule has 3 heteroatoms. The second-order valence-corrected chi connectivity index (χ2v) is 2.99. The molecule has 3 nitrogen and oxygen atoms in total. The molecule has 0 spiro atoms. The van der Waals surface area contributed by atoms with Gasteiger partial charge in [-0.15, -0.1) is 0 Å². The van der Waals surface area contributed by atoms with Crippen molar-refractivity contribution in [1.29, 1.82) is 0 Å². The molecule has 0 aliphatic rings. The molecule has 0 fully saturated rings. The maximum atomic E-state index is 11.4. The van der Waals surface area contributed by atoms with E-state index in [0.717, 1.165) is 5.56 Å². The summed E-state index contributed by atoms with van der Waals surface area (Å²) in [6.45, 7) is 3.13. The lowest BCUT2D eigenvalue weighted by atomic mass is 10.1. The number of hydrogen-bond acceptors (Lipinski definition) is 2. The zero-order valence-corrected chi connectivity index (χ0v) is 8.54. The summed E-state index contributed by atoms with van der Waals surface area (Å²) in [4.78, 5) is 11.4. The molecular weight excluding hydrogens is 178 g/mol. The third-order valence-electron chi connectivity index (χ3n) is 1.86. The molecule has 1 amide bonds. The number of rotatable bonds is 4. The number of benzene rings is 1. The van der Waals surface area contributed by atoms with Crippen molar-refractivity contribution in [3.05, 3.63) is 35.4 Å². The number of amides is 1. The summed E-state index contributed by atoms with van der Waals surface area (Å²) in [6.07, 6.45) is 0. The van der Waals surface area contributed by atoms with E-state index in [2.05, 4.69) is 5.32 Å². The van der Waals surface area contributed by atoms with E-state index in [9.17, 15) is 4.79 Å². The smallest absolute Gasteiger partial charge is 0.251 e. The van der Waals surface area contributed by atoms with Gasteiger partial charge in [-0.1, -0.05) is 12.1 Å². The largest absolute Gasteiger partial charge is 0.380 e. The van der Waals surface area contributed by atoms with Gasteiger partial charge in [0.05, 0.1) is 6.61 Å². The van der Waals surface area contributed by atoms with Gasteiger partial charge in [0.2, 0.25) is 0 Å². The Balaban J connectivity index is 2.67. The van der Waals surface area contributed by atoms with Crippen LogP contribution in [0.3, 0.4) is 0 Å². The molecule has 0 heterocycles. The molecule has 0 aliphatic carbocycles. The van der Waals surface area contributed by atoms with Gasteiger partial charge in [-0.2, -0.15) is 0 Å². The zero-order valence-electron chi connectivity index (χ0n) is 8.54. The van der Waals surface area contributed by atoms with E-state index < -0.39 is 0 Å². The molecule has 0 aliphatic heterocycles. The molecule has 0 saturated carbocycles. The second kappa shape index (κ2) is 5.40. The van der Waals surface area contributed by atoms with Crippen LogP contribution in [0.25, 0.3) is 0 Å². The van der Waals surface area contributed by atoms with Crippen LogP contribution in [0.4, 0.5) is 0 Å². The van der Waals surface area contributed by atoms with Crippen molar-refractivity contribution in [1.82, 2.24) is 5.32 Å². The van der Waals surface area contributed by atoms with Gasteiger partial charge in [0.15, 0.2) is 0 Å². The van der Waals surface area contributed by atoms with Crippen LogP contribution in [0.1, 0.15) is 22.8 Å². The first kappa shape index (κ1) is 10.7. The normalized spacial score (nSPS) is 9.86. The molecule has 1 N–H and O–H groups in total. The van der Waals surface area contributed by atoms with Gasteiger partial charge in [-0.25, -0.2) is 0 Å². The Morgan fingerprint density at radius 1 is 1.36 bits per heavy atom. The maximum absolute atomic E-state index is 11.4. The van der Waals surface area contributed by atoms with Crippen molar-refractivity contribution >= 4 is 5.91 Å². The monoisotopic (exact) mass is 193 g/mol. The van der Waals surface area contributed by atoms with Crippen LogP contribution in [0.15, 0.2) is 24.3 Å². The lowest BCUT2D eigenvalue weighted by Gasteiger charge is -2.03. The fraction of sp³-hybridized carbons (Fsp3) is 0.364. The van der Waals surface area contributed by atoms with Crippen LogP contribution in [0.5, 0.6) is 0 Å². The highest BCUT2D eigenvalue weighted by molar-refractivity contribution is 5.94. The van der Waals surface area contributed by atoms with Crippen LogP contribution in [-0.4, -0.2) is 19.6 Å². The first-order valence-corrected chi connectivity index (χ1v) is 4.64. The average molecular weight is 193 g/mol. The van der Waals surface area contributed by atoms with Gasteiger partial charge in [-0.05, 0) is 24.6 Å². The molecule has 1 rings (SSSR count). The molecule has 0 bridgehead atoms. The van der Waals surface area contributed by atoms with Crippen molar-refractivity contribution in [2.75, 3.05) is 13.7 Å². The highest BCUT2D eigenvalue weighted by Crippen LogP contribution is 2.05. The van der Waals surface area contributed by atoms with E-state index in [1.165, 1.54) is 0 Å². The Hall–Kier alpha value is -1.35. The lowest BCUT2D eigenvalue weighted by Crippen LogP contribution is -2.22. The van der Waals surface area contributed by atoms with E-state index in [1.54, 1.807) is 19.2 Å². The molecule has 0 radical (unpaired) electrons. The minimum atomic E-state index is -0.0310. The van der Waals surface area contributed by atoms with Crippen molar-refractivity contribution in [2.45, 2.75) is 13.5 Å². The number of hydrogen-bond donors (Lipinski definition) is 1. The molecule has 0 unspecified atom stereocenters. The highest BCUT2D eigenvalue weighted by atomic mass is 16.5. The van der Waals surface area contributed by atoms with Crippen LogP contribution in [0, 0.1) is 0 Å². The first-order chi connectivity index (χ1) is 6.77. The summed E-state index contributed by atoms with van der Waals surface area (Å²) in [6, 6.07) is 7.40. The predicted molar refractivity (Wildman–Crippen MR) is 55.2 cm³/mol. The van der Waals surface area contributed by atoms with Crippen LogP contribution in [0.2, 0.25) is 0 Å². The molecule has 1 aromatic carbocycles. The third kappa shape index (κ3) is 2.85. The van der Waals surface area contributed by atoms with E-state index in [4.69, 9.17) is 4.74 Å². The van der Waals surface area contributed by atoms with Gasteiger partial charge >= 0.3 is 0 Å². The molecular formula is C11H15NO2. The Morgan fingerprint density at radius 3 is 2.50 bits per heavy atom. The van der Waals surface area contributed by atoms with Crippen molar-refractivity contribution < 1.29 is 9.53 Å². The molecule has 0 aromatic heterocycles. The fourth-order valence-electron chi connectivity index (χ4n) is 1.18. The fourth-order valence-corrected chi connectivity index (χ4v) is 1.18. The Bertz CT molecular complexity index is 293. The van der Waals surface area contributed by atoms with Gasteiger partial charge in [0, 0.05) is 19.2 Å². The summed E-state index contributed by atoms with van der Waals surface area (Å²) in [5, 5.41) is 2.74. The summed E-state index contributed by atoms with van der Waals surface area (Å²) < 4.78 is 4.98. The topological polar surface area (TPSA) is 38.3 Å². The minimum Gasteiger partial charge on any atom is -0.380 e. The minimum absolute atomic E-state index is 0.0310. The summed E-state index contributed by atoms with van der Waals surface area (Å²) >= 11 is 0. The van der Waals surface area contributed by atoms with Gasteiger partial charge in [0.1, 0.15) is 0 Å². The second-order valence-electron chi connectivity index (χ2n) is 2.99. The van der Waals surface area contributed by atoms with Crippen molar-refractivity contribution in [3.8, 4) is 0 Å². The predicted octanol–water partition coefficient (Wildman–Crippen LogP) is 1.58. The SMILES string of the molecule is CCNC(=O)c1ccc(COC)cc1. The number of ether oxygens (including phenoxy) is 1. The molecule has 76 valence electrons. The molecule has 1 aromatic rings. The lowest BCUT2D eigenvalue weighted by molar-refractivity contribution is 0.0955. The van der Waals surface area contributed by atoms with E-state index in [-0.39, 0.29) is 5.91 Å². The number of nitrogens with one attached hydrogen (secondary N) is 1. The maximum Gasteiger partial charge on any atom is 0.251 e. The third-order valence-corrected chi connectivity index (χ3v) is 1.86. The van der Waals surface area contributed by atoms with Crippen LogP contribution in [-0.2, 0) is 11.3 Å². The molecule has 0 atom stereocenters. The quantitative estimate of drug-likeness (QED) is 0.788. The van der Waals surface area contributed by atoms with Gasteiger partial charge in [-0.3, -0.25) is 4.79 Å². The van der Waals surface area contributed by atoms with Gasteiger partial charge in [0.25, 0.3) is 5.91 Å². The van der Waals surface area contributed by atoms with Gasteiger partial charge < -0.3 is 10.1 Å². The Labute approximate surface area is 84.1 Å². The van der Waals surface area contributed by atoms with Crippen LogP contribution >= 0.6 is 0 Å². The average Bonchev–Trinajstić information content (AvgIpc) is 2.20. The van der Waals surface area contributed by atoms with E-state index in [1.807, 2.05) is 19.1 Å². The summed E-state index contributed by atoms with van der Waals surface area (Å²) in [5.41, 5.74) is 1.76. The molecule has 14 heavy (non-hydrogen) atoms. The number of methoxy groups -OCH3 is 1.